The van der Waals surface area contributed by atoms with Crippen molar-refractivity contribution < 1.29 is 14.2 Å². The van der Waals surface area contributed by atoms with Gasteiger partial charge in [0.15, 0.2) is 0 Å². The Morgan fingerprint density at radius 2 is 0.758 bits per heavy atom. The van der Waals surface area contributed by atoms with Crippen LogP contribution in [0.4, 0.5) is 0 Å². The maximum absolute atomic E-state index is 6.54. The Bertz CT molecular complexity index is 3020. The average Bonchev–Trinajstić information content (AvgIpc) is 3.88. The monoisotopic (exact) mass is 988 g/mol. The fraction of sp³-hybridized carbons (Fsp3) is 0.200. The molecule has 0 bridgehead atoms. The Balaban J connectivity index is 1.43. The summed E-state index contributed by atoms with van der Waals surface area (Å²) in [6.07, 6.45) is 9.91. The quantitative estimate of drug-likeness (QED) is 0.107. The first-order valence-corrected chi connectivity index (χ1v) is 44.5. The SMILES string of the molecule is CCC[CH2][Hf](=[SiH2])([CH2]CCC)([c]1ccccc1)([c]1ccccc1)([CH]1C(C)=Cc2c(-c3cccc4ccccc34)cccc21)[CH]1C(C)=Cc2c(-c3cccc4ccccc34)cccc21. The summed E-state index contributed by atoms with van der Waals surface area (Å²) in [6.45, 7) is 12.6. The fourth-order valence-electron chi connectivity index (χ4n) is 15.4. The fourth-order valence-corrected chi connectivity index (χ4v) is 93.4. The third kappa shape index (κ3) is 5.08. The van der Waals surface area contributed by atoms with Crippen LogP contribution in [0.25, 0.3) is 56.0 Å². The van der Waals surface area contributed by atoms with E-state index in [9.17, 15) is 0 Å². The van der Waals surface area contributed by atoms with Gasteiger partial charge in [-0.3, -0.25) is 0 Å². The molecule has 0 aromatic heterocycles. The van der Waals surface area contributed by atoms with Gasteiger partial charge in [0.05, 0.1) is 0 Å². The molecule has 0 heterocycles. The molecule has 62 heavy (non-hydrogen) atoms. The molecule has 0 saturated heterocycles. The van der Waals surface area contributed by atoms with Crippen LogP contribution < -0.4 is 6.64 Å². The van der Waals surface area contributed by atoms with Gasteiger partial charge in [-0.2, -0.15) is 0 Å². The van der Waals surface area contributed by atoms with E-state index in [0.717, 1.165) is 25.7 Å². The summed E-state index contributed by atoms with van der Waals surface area (Å²) in [5.41, 5.74) is 14.3. The van der Waals surface area contributed by atoms with Gasteiger partial charge < -0.3 is 0 Å². The van der Waals surface area contributed by atoms with Crippen LogP contribution >= 0.6 is 0 Å². The van der Waals surface area contributed by atoms with Crippen molar-refractivity contribution >= 4 is 47.3 Å². The van der Waals surface area contributed by atoms with E-state index in [-0.39, 0.29) is 7.35 Å². The number of fused-ring (bicyclic) bond motifs is 4. The maximum atomic E-state index is 2.66. The van der Waals surface area contributed by atoms with Gasteiger partial charge in [-0.15, -0.1) is 0 Å². The predicted molar refractivity (Wildman–Crippen MR) is 272 cm³/mol. The van der Waals surface area contributed by atoms with Crippen LogP contribution in [0.3, 0.4) is 0 Å². The molecule has 0 amide bonds. The van der Waals surface area contributed by atoms with Crippen molar-refractivity contribution in [2.75, 3.05) is 0 Å². The second kappa shape index (κ2) is 14.4. The van der Waals surface area contributed by atoms with E-state index in [1.54, 1.807) is 6.64 Å². The topological polar surface area (TPSA) is 0 Å². The second-order valence-corrected chi connectivity index (χ2v) is 80.8. The van der Waals surface area contributed by atoms with Crippen LogP contribution in [0.1, 0.15) is 83.0 Å². The Morgan fingerprint density at radius 3 is 1.18 bits per heavy atom. The summed E-state index contributed by atoms with van der Waals surface area (Å²) in [6, 6.07) is 71.0. The normalized spacial score (nSPS) is 17.6. The van der Waals surface area contributed by atoms with Gasteiger partial charge in [0.25, 0.3) is 0 Å². The number of unbranched alkanes of at least 4 members (excludes halogenated alkanes) is 2. The van der Waals surface area contributed by atoms with Crippen molar-refractivity contribution in [3.63, 3.8) is 0 Å². The first-order valence-electron chi connectivity index (χ1n) is 23.3. The third-order valence-corrected chi connectivity index (χ3v) is 90.9. The standard InChI is InChI=1S/2C20H15.2C6H5.2C4H9.Hf.H2Si/c2*1-14-12-16-8-5-11-19(20(16)13-14)18-10-4-7-15-6-2-3-9-17(15)18;2*1-2-4-6-5-3-1;2*1-3-4-2;;/h2*2-13H,1H3;2*1-5H;2*1,3-4H2,2H3;;1H2. The van der Waals surface area contributed by atoms with Crippen molar-refractivity contribution in [2.24, 2.45) is 0 Å². The van der Waals surface area contributed by atoms with Crippen molar-refractivity contribution in [1.82, 2.24) is 0 Å². The second-order valence-electron chi connectivity index (χ2n) is 20.2. The van der Waals surface area contributed by atoms with Crippen molar-refractivity contribution in [2.45, 2.75) is 69.1 Å². The van der Waals surface area contributed by atoms with Crippen LogP contribution in [-0.4, -0.2) is 6.94 Å². The van der Waals surface area contributed by atoms with Gasteiger partial charge in [0.2, 0.25) is 0 Å². The molecule has 0 N–H and O–H groups in total. The van der Waals surface area contributed by atoms with E-state index in [1.165, 1.54) is 85.6 Å². The molecule has 308 valence electrons. The summed E-state index contributed by atoms with van der Waals surface area (Å²) in [5, 5.41) is 5.21. The Labute approximate surface area is 365 Å². The number of hydrogen-bond acceptors (Lipinski definition) is 0. The summed E-state index contributed by atoms with van der Waals surface area (Å²) in [5.74, 6) is 0. The molecule has 0 nitrogen and oxygen atoms in total. The van der Waals surface area contributed by atoms with E-state index in [2.05, 4.69) is 229 Å². The molecule has 8 aromatic carbocycles. The number of allylic oxidation sites excluding steroid dienone is 2. The first-order chi connectivity index (χ1) is 30.2. The van der Waals surface area contributed by atoms with Crippen LogP contribution in [0.15, 0.2) is 193 Å². The molecule has 10 rings (SSSR count). The van der Waals surface area contributed by atoms with Crippen molar-refractivity contribution in [3.8, 4) is 22.3 Å². The molecule has 0 spiro atoms. The van der Waals surface area contributed by atoms with Gasteiger partial charge in [-0.05, 0) is 0 Å². The van der Waals surface area contributed by atoms with Crippen LogP contribution in [0.5, 0.6) is 0 Å². The third-order valence-electron chi connectivity index (χ3n) is 17.4. The van der Waals surface area contributed by atoms with Gasteiger partial charge >= 0.3 is 368 Å². The van der Waals surface area contributed by atoms with E-state index in [0.29, 0.717) is 0 Å². The minimum absolute atomic E-state index is 0.186. The van der Waals surface area contributed by atoms with Gasteiger partial charge in [-0.25, -0.2) is 0 Å². The Kier molecular flexibility index (Phi) is 9.53. The number of rotatable bonds is 12. The van der Waals surface area contributed by atoms with E-state index < -0.39 is 14.2 Å². The number of hydrogen-bond donors (Lipinski definition) is 0. The molecule has 0 radical (unpaired) electrons. The predicted octanol–water partition coefficient (Wildman–Crippen LogP) is 15.3. The zero-order valence-corrected chi connectivity index (χ0v) is 42.1. The van der Waals surface area contributed by atoms with Gasteiger partial charge in [-0.1, -0.05) is 0 Å². The van der Waals surface area contributed by atoms with Crippen LogP contribution in [-0.2, 0) is 14.2 Å². The molecule has 2 aliphatic carbocycles. The first kappa shape index (κ1) is 40.9. The Morgan fingerprint density at radius 1 is 0.403 bits per heavy atom. The number of benzene rings is 8. The summed E-state index contributed by atoms with van der Waals surface area (Å²) < 4.78 is 5.98. The van der Waals surface area contributed by atoms with Crippen molar-refractivity contribution in [1.29, 1.82) is 0 Å². The summed E-state index contributed by atoms with van der Waals surface area (Å²) >= 11 is -6.54. The zero-order valence-electron chi connectivity index (χ0n) is 37.1. The van der Waals surface area contributed by atoms with E-state index in [4.69, 9.17) is 0 Å². The van der Waals surface area contributed by atoms with Gasteiger partial charge in [0, 0.05) is 0 Å². The molecule has 0 aliphatic heterocycles. The van der Waals surface area contributed by atoms with Crippen molar-refractivity contribution in [3.05, 3.63) is 215 Å². The molecule has 2 atom stereocenters. The van der Waals surface area contributed by atoms with E-state index in [1.807, 2.05) is 0 Å². The van der Waals surface area contributed by atoms with E-state index >= 15 is 0 Å². The van der Waals surface area contributed by atoms with Crippen LogP contribution in [0, 0.1) is 0 Å². The molecular formula is C60H60HfSi. The molecule has 2 heteroatoms. The summed E-state index contributed by atoms with van der Waals surface area (Å²) in [7, 11) is 0. The zero-order chi connectivity index (χ0) is 42.6. The molecule has 2 unspecified atom stereocenters. The molecule has 0 fully saturated rings. The average molecular weight is 988 g/mol. The van der Waals surface area contributed by atoms with Gasteiger partial charge in [0.1, 0.15) is 0 Å². The van der Waals surface area contributed by atoms with Crippen LogP contribution in [0.2, 0.25) is 8.35 Å². The minimum atomic E-state index is -6.54. The molecule has 0 saturated carbocycles. The molecule has 8 aromatic rings. The molecular weight excluding hydrogens is 927 g/mol. The summed E-state index contributed by atoms with van der Waals surface area (Å²) in [4.78, 5) is 0. The Hall–Kier alpha value is -5.15. The molecule has 2 aliphatic rings.